The molecule has 1 nitrogen and oxygen atoms in total. The normalized spacial score (nSPS) is 14.8. The van der Waals surface area contributed by atoms with E-state index in [0.717, 1.165) is 6.07 Å². The van der Waals surface area contributed by atoms with Gasteiger partial charge in [0, 0.05) is 11.1 Å². The summed E-state index contributed by atoms with van der Waals surface area (Å²) in [4.78, 5) is 12.4. The molecule has 4 heteroatoms. The first kappa shape index (κ1) is 14.4. The maximum absolute atomic E-state index is 13.5. The van der Waals surface area contributed by atoms with Gasteiger partial charge in [-0.05, 0) is 52.4 Å². The zero-order valence-corrected chi connectivity index (χ0v) is 12.8. The SMILES string of the molecule is O=C(c1ccc(C2CCC2)cc1)c1ccc(F)c(F)c1Br. The smallest absolute Gasteiger partial charge is 0.194 e. The topological polar surface area (TPSA) is 17.1 Å². The minimum Gasteiger partial charge on any atom is -0.289 e. The van der Waals surface area contributed by atoms with Gasteiger partial charge in [-0.25, -0.2) is 8.78 Å². The highest BCUT2D eigenvalue weighted by atomic mass is 79.9. The molecule has 3 rings (SSSR count). The summed E-state index contributed by atoms with van der Waals surface area (Å²) in [7, 11) is 0. The molecule has 1 fully saturated rings. The Bertz CT molecular complexity index is 691. The van der Waals surface area contributed by atoms with Crippen molar-refractivity contribution in [3.8, 4) is 0 Å². The van der Waals surface area contributed by atoms with Crippen molar-refractivity contribution in [2.24, 2.45) is 0 Å². The molecule has 1 aliphatic carbocycles. The van der Waals surface area contributed by atoms with Gasteiger partial charge < -0.3 is 0 Å². The van der Waals surface area contributed by atoms with Crippen molar-refractivity contribution in [2.75, 3.05) is 0 Å². The highest BCUT2D eigenvalue weighted by Crippen LogP contribution is 2.36. The summed E-state index contributed by atoms with van der Waals surface area (Å²) < 4.78 is 26.5. The third-order valence-corrected chi connectivity index (χ3v) is 4.80. The fourth-order valence-corrected chi connectivity index (χ4v) is 3.01. The number of halogens is 3. The Balaban J connectivity index is 1.89. The van der Waals surface area contributed by atoms with E-state index in [0.29, 0.717) is 11.5 Å². The fraction of sp³-hybridized carbons (Fsp3) is 0.235. The van der Waals surface area contributed by atoms with Crippen LogP contribution in [0.15, 0.2) is 40.9 Å². The van der Waals surface area contributed by atoms with Crippen LogP contribution < -0.4 is 0 Å². The standard InChI is InChI=1S/C17H13BrF2O/c18-15-13(8-9-14(19)16(15)20)17(21)12-6-4-11(5-7-12)10-2-1-3-10/h4-10H,1-3H2. The third kappa shape index (κ3) is 2.64. The Hall–Kier alpha value is -1.55. The monoisotopic (exact) mass is 350 g/mol. The fourth-order valence-electron chi connectivity index (χ4n) is 2.51. The van der Waals surface area contributed by atoms with E-state index in [4.69, 9.17) is 0 Å². The maximum atomic E-state index is 13.5. The van der Waals surface area contributed by atoms with E-state index in [1.807, 2.05) is 12.1 Å². The summed E-state index contributed by atoms with van der Waals surface area (Å²) >= 11 is 2.95. The van der Waals surface area contributed by atoms with Crippen molar-refractivity contribution in [3.63, 3.8) is 0 Å². The second-order valence-electron chi connectivity index (χ2n) is 5.30. The van der Waals surface area contributed by atoms with Gasteiger partial charge >= 0.3 is 0 Å². The summed E-state index contributed by atoms with van der Waals surface area (Å²) in [5.41, 5.74) is 1.84. The van der Waals surface area contributed by atoms with E-state index in [2.05, 4.69) is 15.9 Å². The summed E-state index contributed by atoms with van der Waals surface area (Å²) in [5.74, 6) is -1.73. The average Bonchev–Trinajstić information content (AvgIpc) is 2.43. The summed E-state index contributed by atoms with van der Waals surface area (Å²) in [5, 5.41) is 0. The number of benzene rings is 2. The van der Waals surface area contributed by atoms with Crippen LogP contribution >= 0.6 is 15.9 Å². The molecular formula is C17H13BrF2O. The molecule has 2 aromatic rings. The predicted octanol–water partition coefficient (Wildman–Crippen LogP) is 5.23. The van der Waals surface area contributed by atoms with Crippen molar-refractivity contribution < 1.29 is 13.6 Å². The Labute approximate surface area is 130 Å². The van der Waals surface area contributed by atoms with Crippen LogP contribution in [0.1, 0.15) is 46.7 Å². The van der Waals surface area contributed by atoms with Crippen LogP contribution in [0.4, 0.5) is 8.78 Å². The largest absolute Gasteiger partial charge is 0.289 e. The van der Waals surface area contributed by atoms with Crippen LogP contribution in [0.5, 0.6) is 0 Å². The first-order chi connectivity index (χ1) is 10.1. The second kappa shape index (κ2) is 5.68. The van der Waals surface area contributed by atoms with Crippen molar-refractivity contribution in [1.29, 1.82) is 0 Å². The highest BCUT2D eigenvalue weighted by Gasteiger charge is 2.21. The second-order valence-corrected chi connectivity index (χ2v) is 6.09. The molecule has 2 aromatic carbocycles. The maximum Gasteiger partial charge on any atom is 0.194 e. The van der Waals surface area contributed by atoms with Gasteiger partial charge in [0.25, 0.3) is 0 Å². The van der Waals surface area contributed by atoms with Crippen LogP contribution in [-0.4, -0.2) is 5.78 Å². The number of carbonyl (C=O) groups is 1. The number of rotatable bonds is 3. The van der Waals surface area contributed by atoms with Gasteiger partial charge in [0.2, 0.25) is 0 Å². The van der Waals surface area contributed by atoms with Crippen LogP contribution in [0.25, 0.3) is 0 Å². The summed E-state index contributed by atoms with van der Waals surface area (Å²) in [6.07, 6.45) is 3.65. The van der Waals surface area contributed by atoms with E-state index in [9.17, 15) is 13.6 Å². The molecule has 0 atom stereocenters. The van der Waals surface area contributed by atoms with E-state index in [-0.39, 0.29) is 15.8 Å². The van der Waals surface area contributed by atoms with E-state index in [1.54, 1.807) is 12.1 Å². The lowest BCUT2D eigenvalue weighted by molar-refractivity contribution is 0.103. The molecule has 0 saturated heterocycles. The Kier molecular flexibility index (Phi) is 3.89. The first-order valence-electron chi connectivity index (χ1n) is 6.86. The Morgan fingerprint density at radius 2 is 1.71 bits per heavy atom. The zero-order valence-electron chi connectivity index (χ0n) is 11.2. The molecule has 0 aromatic heterocycles. The van der Waals surface area contributed by atoms with E-state index in [1.165, 1.54) is 30.9 Å². The lowest BCUT2D eigenvalue weighted by Crippen LogP contribution is -2.09. The minimum absolute atomic E-state index is 0.129. The summed E-state index contributed by atoms with van der Waals surface area (Å²) in [6, 6.07) is 9.67. The summed E-state index contributed by atoms with van der Waals surface area (Å²) in [6.45, 7) is 0. The van der Waals surface area contributed by atoms with E-state index < -0.39 is 11.6 Å². The van der Waals surface area contributed by atoms with Crippen LogP contribution in [-0.2, 0) is 0 Å². The molecule has 0 aliphatic heterocycles. The van der Waals surface area contributed by atoms with Crippen LogP contribution in [0, 0.1) is 11.6 Å². The van der Waals surface area contributed by atoms with Gasteiger partial charge in [-0.3, -0.25) is 4.79 Å². The molecule has 0 N–H and O–H groups in total. The van der Waals surface area contributed by atoms with Crippen molar-refractivity contribution >= 4 is 21.7 Å². The molecule has 0 spiro atoms. The van der Waals surface area contributed by atoms with Crippen LogP contribution in [0.3, 0.4) is 0 Å². The van der Waals surface area contributed by atoms with Gasteiger partial charge in [0.05, 0.1) is 4.47 Å². The lowest BCUT2D eigenvalue weighted by atomic mass is 9.80. The molecule has 0 unspecified atom stereocenters. The molecule has 1 saturated carbocycles. The van der Waals surface area contributed by atoms with Gasteiger partial charge in [0.1, 0.15) is 0 Å². The first-order valence-corrected chi connectivity index (χ1v) is 7.65. The number of ketones is 1. The number of hydrogen-bond donors (Lipinski definition) is 0. The lowest BCUT2D eigenvalue weighted by Gasteiger charge is -2.25. The molecule has 21 heavy (non-hydrogen) atoms. The van der Waals surface area contributed by atoms with Crippen molar-refractivity contribution in [3.05, 3.63) is 69.2 Å². The van der Waals surface area contributed by atoms with Crippen LogP contribution in [0.2, 0.25) is 0 Å². The molecule has 0 bridgehead atoms. The zero-order chi connectivity index (χ0) is 15.0. The number of hydrogen-bond acceptors (Lipinski definition) is 1. The Morgan fingerprint density at radius 1 is 1.05 bits per heavy atom. The van der Waals surface area contributed by atoms with Crippen molar-refractivity contribution in [1.82, 2.24) is 0 Å². The third-order valence-electron chi connectivity index (χ3n) is 4.03. The Morgan fingerprint density at radius 3 is 2.29 bits per heavy atom. The molecule has 1 aliphatic rings. The highest BCUT2D eigenvalue weighted by molar-refractivity contribution is 9.10. The van der Waals surface area contributed by atoms with Crippen molar-refractivity contribution in [2.45, 2.75) is 25.2 Å². The minimum atomic E-state index is -1.04. The van der Waals surface area contributed by atoms with Gasteiger partial charge in [-0.15, -0.1) is 0 Å². The molecule has 108 valence electrons. The van der Waals surface area contributed by atoms with Gasteiger partial charge in [-0.1, -0.05) is 30.7 Å². The predicted molar refractivity (Wildman–Crippen MR) is 80.5 cm³/mol. The molecule has 0 heterocycles. The molecule has 0 radical (unpaired) electrons. The van der Waals surface area contributed by atoms with E-state index >= 15 is 0 Å². The average molecular weight is 351 g/mol. The molecule has 0 amide bonds. The number of carbonyl (C=O) groups excluding carboxylic acids is 1. The van der Waals surface area contributed by atoms with Gasteiger partial charge in [-0.2, -0.15) is 0 Å². The quantitative estimate of drug-likeness (QED) is 0.547. The van der Waals surface area contributed by atoms with Gasteiger partial charge in [0.15, 0.2) is 17.4 Å². The molecular weight excluding hydrogens is 338 g/mol.